The normalized spacial score (nSPS) is 19.5. The molecule has 1 aliphatic rings. The van der Waals surface area contributed by atoms with E-state index in [0.29, 0.717) is 19.5 Å². The summed E-state index contributed by atoms with van der Waals surface area (Å²) in [6.45, 7) is 0.903. The van der Waals surface area contributed by atoms with E-state index in [1.165, 1.54) is 4.90 Å². The molecule has 1 saturated heterocycles. The molecular weight excluding hydrogens is 228 g/mol. The van der Waals surface area contributed by atoms with Gasteiger partial charge in [-0.25, -0.2) is 4.63 Å². The Labute approximate surface area is 96.3 Å². The number of nitrogen functional groups attached to an aromatic ring is 1. The van der Waals surface area contributed by atoms with Gasteiger partial charge in [-0.1, -0.05) is 0 Å². The number of carboxylic acids is 1. The van der Waals surface area contributed by atoms with Gasteiger partial charge in [0.05, 0.1) is 0 Å². The summed E-state index contributed by atoms with van der Waals surface area (Å²) in [6.07, 6.45) is 0.736. The number of carbonyl (C=O) groups is 2. The monoisotopic (exact) mass is 240 g/mol. The zero-order valence-corrected chi connectivity index (χ0v) is 9.00. The Bertz CT molecular complexity index is 444. The molecule has 1 atom stereocenters. The fraction of sp³-hybridized carbons (Fsp3) is 0.556. The van der Waals surface area contributed by atoms with Crippen LogP contribution in [0.2, 0.25) is 0 Å². The highest BCUT2D eigenvalue weighted by Crippen LogP contribution is 2.21. The molecule has 0 spiro atoms. The topological polar surface area (TPSA) is 123 Å². The average molecular weight is 240 g/mol. The molecule has 1 aromatic heterocycles. The van der Waals surface area contributed by atoms with Crippen molar-refractivity contribution < 1.29 is 19.3 Å². The number of nitrogens with two attached hydrogens (primary N) is 1. The van der Waals surface area contributed by atoms with Gasteiger partial charge in [0.15, 0.2) is 0 Å². The predicted molar refractivity (Wildman–Crippen MR) is 55.0 cm³/mol. The van der Waals surface area contributed by atoms with Crippen LogP contribution in [0.4, 0.5) is 5.82 Å². The van der Waals surface area contributed by atoms with E-state index in [1.807, 2.05) is 0 Å². The SMILES string of the molecule is Nc1nonc1C(=O)N1CCC(CC(=O)O)C1. The van der Waals surface area contributed by atoms with Crippen molar-refractivity contribution in [2.75, 3.05) is 18.8 Å². The van der Waals surface area contributed by atoms with Crippen LogP contribution in [0.1, 0.15) is 23.3 Å². The molecule has 8 nitrogen and oxygen atoms in total. The smallest absolute Gasteiger partial charge is 0.303 e. The summed E-state index contributed by atoms with van der Waals surface area (Å²) >= 11 is 0. The highest BCUT2D eigenvalue weighted by atomic mass is 16.6. The number of carboxylic acid groups (broad SMARTS) is 1. The Morgan fingerprint density at radius 2 is 2.29 bits per heavy atom. The molecule has 1 aliphatic heterocycles. The Kier molecular flexibility index (Phi) is 2.94. The van der Waals surface area contributed by atoms with Crippen molar-refractivity contribution in [2.24, 2.45) is 5.92 Å². The fourth-order valence-electron chi connectivity index (χ4n) is 1.92. The summed E-state index contributed by atoms with van der Waals surface area (Å²) in [5, 5.41) is 15.4. The molecule has 2 rings (SSSR count). The first kappa shape index (κ1) is 11.4. The third-order valence-electron chi connectivity index (χ3n) is 2.75. The molecule has 1 fully saturated rings. The van der Waals surface area contributed by atoms with Crippen LogP contribution in [0.25, 0.3) is 0 Å². The van der Waals surface area contributed by atoms with Crippen molar-refractivity contribution in [3.8, 4) is 0 Å². The number of hydrogen-bond acceptors (Lipinski definition) is 6. The van der Waals surface area contributed by atoms with Crippen molar-refractivity contribution in [3.63, 3.8) is 0 Å². The van der Waals surface area contributed by atoms with Crippen LogP contribution < -0.4 is 5.73 Å². The third-order valence-corrected chi connectivity index (χ3v) is 2.75. The highest BCUT2D eigenvalue weighted by Gasteiger charge is 2.31. The molecule has 92 valence electrons. The summed E-state index contributed by atoms with van der Waals surface area (Å²) in [7, 11) is 0. The lowest BCUT2D eigenvalue weighted by Crippen LogP contribution is -2.29. The number of aromatic nitrogens is 2. The van der Waals surface area contributed by atoms with E-state index in [-0.39, 0.29) is 29.8 Å². The molecule has 2 heterocycles. The first-order valence-electron chi connectivity index (χ1n) is 5.17. The molecule has 1 aromatic rings. The minimum atomic E-state index is -0.855. The second-order valence-electron chi connectivity index (χ2n) is 4.00. The molecule has 1 amide bonds. The van der Waals surface area contributed by atoms with Crippen LogP contribution in [0.15, 0.2) is 4.63 Å². The molecule has 0 saturated carbocycles. The molecule has 0 radical (unpaired) electrons. The van der Waals surface area contributed by atoms with Crippen molar-refractivity contribution in [1.29, 1.82) is 0 Å². The molecule has 17 heavy (non-hydrogen) atoms. The van der Waals surface area contributed by atoms with Crippen molar-refractivity contribution >= 4 is 17.7 Å². The molecule has 3 N–H and O–H groups in total. The number of rotatable bonds is 3. The first-order valence-corrected chi connectivity index (χ1v) is 5.17. The third kappa shape index (κ3) is 2.35. The van der Waals surface area contributed by atoms with E-state index in [1.54, 1.807) is 0 Å². The lowest BCUT2D eigenvalue weighted by Gasteiger charge is -2.14. The average Bonchev–Trinajstić information content (AvgIpc) is 2.85. The lowest BCUT2D eigenvalue weighted by atomic mass is 10.1. The van der Waals surface area contributed by atoms with Crippen LogP contribution in [-0.4, -0.2) is 45.3 Å². The van der Waals surface area contributed by atoms with Gasteiger partial charge in [-0.05, 0) is 22.7 Å². The number of anilines is 1. The standard InChI is InChI=1S/C9H12N4O4/c10-8-7(11-17-12-8)9(16)13-2-1-5(4-13)3-6(14)15/h5H,1-4H2,(H2,10,12)(H,14,15). The Morgan fingerprint density at radius 1 is 1.53 bits per heavy atom. The van der Waals surface area contributed by atoms with Gasteiger partial charge in [-0.15, -0.1) is 0 Å². The number of likely N-dealkylation sites (tertiary alicyclic amines) is 1. The van der Waals surface area contributed by atoms with Crippen LogP contribution in [0.5, 0.6) is 0 Å². The summed E-state index contributed by atoms with van der Waals surface area (Å²) < 4.78 is 4.35. The minimum Gasteiger partial charge on any atom is -0.481 e. The predicted octanol–water partition coefficient (Wildman–Crippen LogP) is -0.411. The van der Waals surface area contributed by atoms with Crippen molar-refractivity contribution in [3.05, 3.63) is 5.69 Å². The number of aliphatic carboxylic acids is 1. The highest BCUT2D eigenvalue weighted by molar-refractivity contribution is 5.96. The van der Waals surface area contributed by atoms with Gasteiger partial charge >= 0.3 is 5.97 Å². The van der Waals surface area contributed by atoms with E-state index in [0.717, 1.165) is 0 Å². The number of nitrogens with zero attached hydrogens (tertiary/aromatic N) is 3. The maximum Gasteiger partial charge on any atom is 0.303 e. The molecule has 1 unspecified atom stereocenters. The van der Waals surface area contributed by atoms with Crippen LogP contribution in [0.3, 0.4) is 0 Å². The minimum absolute atomic E-state index is 0.0130. The number of carbonyl (C=O) groups excluding carboxylic acids is 1. The van der Waals surface area contributed by atoms with Crippen molar-refractivity contribution in [2.45, 2.75) is 12.8 Å². The molecule has 0 aliphatic carbocycles. The van der Waals surface area contributed by atoms with Gasteiger partial charge in [-0.2, -0.15) is 0 Å². The van der Waals surface area contributed by atoms with E-state index >= 15 is 0 Å². The van der Waals surface area contributed by atoms with E-state index in [2.05, 4.69) is 14.9 Å². The van der Waals surface area contributed by atoms with Gasteiger partial charge in [-0.3, -0.25) is 9.59 Å². The Morgan fingerprint density at radius 3 is 2.88 bits per heavy atom. The number of amides is 1. The maximum atomic E-state index is 11.9. The quantitative estimate of drug-likeness (QED) is 0.736. The van der Waals surface area contributed by atoms with Gasteiger partial charge in [0.25, 0.3) is 5.91 Å². The van der Waals surface area contributed by atoms with E-state index in [4.69, 9.17) is 10.8 Å². The summed E-state index contributed by atoms with van der Waals surface area (Å²) in [4.78, 5) is 24.0. The van der Waals surface area contributed by atoms with Crippen molar-refractivity contribution in [1.82, 2.24) is 15.2 Å². The molecule has 8 heteroatoms. The fourth-order valence-corrected chi connectivity index (χ4v) is 1.92. The van der Waals surface area contributed by atoms with Crippen LogP contribution >= 0.6 is 0 Å². The van der Waals surface area contributed by atoms with Crippen LogP contribution in [-0.2, 0) is 4.79 Å². The molecule has 0 bridgehead atoms. The van der Waals surface area contributed by atoms with Gasteiger partial charge in [0.1, 0.15) is 0 Å². The zero-order valence-electron chi connectivity index (χ0n) is 9.00. The summed E-state index contributed by atoms with van der Waals surface area (Å²) in [5.74, 6) is -1.28. The van der Waals surface area contributed by atoms with E-state index in [9.17, 15) is 9.59 Å². The second kappa shape index (κ2) is 4.40. The first-order chi connectivity index (χ1) is 8.08. The molecule has 0 aromatic carbocycles. The van der Waals surface area contributed by atoms with Crippen LogP contribution in [0, 0.1) is 5.92 Å². The molecular formula is C9H12N4O4. The Hall–Kier alpha value is -2.12. The van der Waals surface area contributed by atoms with Gasteiger partial charge in [0, 0.05) is 19.5 Å². The van der Waals surface area contributed by atoms with Gasteiger partial charge in [0.2, 0.25) is 11.5 Å². The van der Waals surface area contributed by atoms with Gasteiger partial charge < -0.3 is 15.7 Å². The Balaban J connectivity index is 1.99. The lowest BCUT2D eigenvalue weighted by molar-refractivity contribution is -0.138. The zero-order chi connectivity index (χ0) is 12.4. The summed E-state index contributed by atoms with van der Waals surface area (Å²) in [5.41, 5.74) is 5.40. The number of hydrogen-bond donors (Lipinski definition) is 2. The second-order valence-corrected chi connectivity index (χ2v) is 4.00. The summed E-state index contributed by atoms with van der Waals surface area (Å²) in [6, 6.07) is 0. The van der Waals surface area contributed by atoms with E-state index < -0.39 is 5.97 Å². The largest absolute Gasteiger partial charge is 0.481 e. The maximum absolute atomic E-state index is 11.9.